The highest BCUT2D eigenvalue weighted by molar-refractivity contribution is 5.76. The normalized spacial score (nSPS) is 10.4. The molecule has 0 radical (unpaired) electrons. The van der Waals surface area contributed by atoms with Crippen LogP contribution < -0.4 is 0 Å². The van der Waals surface area contributed by atoms with Gasteiger partial charge in [-0.3, -0.25) is 4.79 Å². The van der Waals surface area contributed by atoms with Crippen LogP contribution in [0.1, 0.15) is 6.42 Å². The highest BCUT2D eigenvalue weighted by Gasteiger charge is 2.13. The molecule has 0 heterocycles. The van der Waals surface area contributed by atoms with E-state index in [1.807, 2.05) is 0 Å². The zero-order valence-corrected chi connectivity index (χ0v) is 19.9. The molecule has 1 amide bonds. The smallest absolute Gasteiger partial charge is 0.329 e. The molecule has 0 aliphatic carbocycles. The lowest BCUT2D eigenvalue weighted by atomic mass is 10.3. The van der Waals surface area contributed by atoms with Crippen molar-refractivity contribution < 1.29 is 43.1 Å². The van der Waals surface area contributed by atoms with Gasteiger partial charge in [-0.2, -0.15) is 0 Å². The lowest BCUT2D eigenvalue weighted by molar-refractivity contribution is -0.142. The Bertz CT molecular complexity index is 610. The summed E-state index contributed by atoms with van der Waals surface area (Å²) in [6.45, 7) is 3.89. The van der Waals surface area contributed by atoms with E-state index < -0.39 is 12.6 Å². The lowest BCUT2D eigenvalue weighted by Crippen LogP contribution is -2.37. The summed E-state index contributed by atoms with van der Waals surface area (Å²) in [6, 6.07) is 0. The average Bonchev–Trinajstić information content (AvgIpc) is 2.84. The number of carboxylic acid groups (broad SMARTS) is 1. The van der Waals surface area contributed by atoms with Crippen LogP contribution in [-0.4, -0.2) is 127 Å². The van der Waals surface area contributed by atoms with E-state index >= 15 is 0 Å². The molecule has 0 unspecified atom stereocenters. The second-order valence-corrected chi connectivity index (χ2v) is 6.55. The van der Waals surface area contributed by atoms with Crippen LogP contribution in [0.5, 0.6) is 0 Å². The number of carboxylic acids is 1. The number of aliphatic carboxylic acids is 1. The second-order valence-electron chi connectivity index (χ2n) is 6.55. The van der Waals surface area contributed by atoms with Gasteiger partial charge in [0.15, 0.2) is 0 Å². The number of nitrogens with zero attached hydrogens (tertiary/aromatic N) is 7. The predicted molar refractivity (Wildman–Crippen MR) is 122 cm³/mol. The van der Waals surface area contributed by atoms with Gasteiger partial charge in [0.1, 0.15) is 6.61 Å². The number of amides is 1. The van der Waals surface area contributed by atoms with Crippen LogP contribution in [0.15, 0.2) is 10.2 Å². The zero-order valence-electron chi connectivity index (χ0n) is 19.9. The number of carbonyl (C=O) groups excluding carboxylic acids is 1. The van der Waals surface area contributed by atoms with Gasteiger partial charge in [0, 0.05) is 36.0 Å². The molecule has 0 aromatic carbocycles. The van der Waals surface area contributed by atoms with Crippen molar-refractivity contribution in [2.75, 3.05) is 105 Å². The van der Waals surface area contributed by atoms with Gasteiger partial charge in [0.05, 0.1) is 79.1 Å². The molecule has 0 atom stereocenters. The maximum atomic E-state index is 12.6. The van der Waals surface area contributed by atoms with E-state index in [2.05, 4.69) is 20.1 Å². The van der Waals surface area contributed by atoms with E-state index in [-0.39, 0.29) is 45.2 Å². The molecule has 16 nitrogen and oxygen atoms in total. The summed E-state index contributed by atoms with van der Waals surface area (Å²) in [7, 11) is 0. The third kappa shape index (κ3) is 24.3. The quantitative estimate of drug-likeness (QED) is 0.0767. The van der Waals surface area contributed by atoms with Crippen LogP contribution in [0, 0.1) is 0 Å². The van der Waals surface area contributed by atoms with Gasteiger partial charge in [-0.05, 0) is 11.1 Å². The average molecular weight is 506 g/mol. The predicted octanol–water partition coefficient (Wildman–Crippen LogP) is 1.01. The van der Waals surface area contributed by atoms with Gasteiger partial charge in [-0.1, -0.05) is 10.2 Å². The van der Waals surface area contributed by atoms with Crippen molar-refractivity contribution in [2.24, 2.45) is 10.2 Å². The van der Waals surface area contributed by atoms with Crippen LogP contribution in [-0.2, 0) is 38.0 Å². The van der Waals surface area contributed by atoms with E-state index in [9.17, 15) is 9.59 Å². The Hall–Kier alpha value is -2.68. The number of hydrogen-bond donors (Lipinski definition) is 1. The summed E-state index contributed by atoms with van der Waals surface area (Å²) < 4.78 is 31.6. The van der Waals surface area contributed by atoms with Crippen molar-refractivity contribution in [1.82, 2.24) is 4.90 Å². The van der Waals surface area contributed by atoms with Gasteiger partial charge >= 0.3 is 5.97 Å². The number of azide groups is 2. The summed E-state index contributed by atoms with van der Waals surface area (Å²) in [5.74, 6) is -1.19. The molecule has 0 rings (SSSR count). The van der Waals surface area contributed by atoms with Gasteiger partial charge < -0.3 is 38.4 Å². The Balaban J connectivity index is 4.14. The summed E-state index contributed by atoms with van der Waals surface area (Å²) in [4.78, 5) is 29.8. The molecule has 0 saturated carbocycles. The first-order chi connectivity index (χ1) is 17.1. The van der Waals surface area contributed by atoms with Gasteiger partial charge in [0.25, 0.3) is 0 Å². The molecule has 0 aliphatic rings. The summed E-state index contributed by atoms with van der Waals surface area (Å²) in [5.41, 5.74) is 16.4. The number of ether oxygens (including phenoxy) is 6. The summed E-state index contributed by atoms with van der Waals surface area (Å²) in [5, 5.41) is 15.2. The van der Waals surface area contributed by atoms with Crippen molar-refractivity contribution in [3.05, 3.63) is 20.9 Å². The zero-order chi connectivity index (χ0) is 25.8. The number of rotatable bonds is 26. The summed E-state index contributed by atoms with van der Waals surface area (Å²) >= 11 is 0. The number of hydrogen-bond acceptors (Lipinski definition) is 10. The van der Waals surface area contributed by atoms with Crippen molar-refractivity contribution in [1.29, 1.82) is 0 Å². The van der Waals surface area contributed by atoms with Crippen LogP contribution >= 0.6 is 0 Å². The highest BCUT2D eigenvalue weighted by atomic mass is 16.5. The van der Waals surface area contributed by atoms with Crippen molar-refractivity contribution >= 4 is 11.9 Å². The Kier molecular flexibility index (Phi) is 23.9. The first-order valence-corrected chi connectivity index (χ1v) is 11.1. The molecule has 0 bridgehead atoms. The van der Waals surface area contributed by atoms with Crippen LogP contribution in [0.4, 0.5) is 0 Å². The van der Waals surface area contributed by atoms with Gasteiger partial charge in [0.2, 0.25) is 5.91 Å². The van der Waals surface area contributed by atoms with Crippen molar-refractivity contribution in [3.8, 4) is 0 Å². The highest BCUT2D eigenvalue weighted by Crippen LogP contribution is 1.98. The van der Waals surface area contributed by atoms with E-state index in [1.165, 1.54) is 0 Å². The van der Waals surface area contributed by atoms with E-state index in [1.54, 1.807) is 4.90 Å². The lowest BCUT2D eigenvalue weighted by Gasteiger charge is -2.23. The molecule has 1 N–H and O–H groups in total. The first-order valence-electron chi connectivity index (χ1n) is 11.1. The molecule has 0 fully saturated rings. The fraction of sp³-hybridized carbons (Fsp3) is 0.895. The van der Waals surface area contributed by atoms with Crippen molar-refractivity contribution in [2.45, 2.75) is 6.42 Å². The topological polar surface area (TPSA) is 211 Å². The van der Waals surface area contributed by atoms with E-state index in [0.717, 1.165) is 0 Å². The Morgan fingerprint density at radius 2 is 1.09 bits per heavy atom. The monoisotopic (exact) mass is 505 g/mol. The molecular formula is C19H35N7O9. The van der Waals surface area contributed by atoms with Gasteiger partial charge in [-0.25, -0.2) is 4.79 Å². The molecule has 0 aliphatic heterocycles. The third-order valence-electron chi connectivity index (χ3n) is 3.96. The SMILES string of the molecule is [N-]=[N+]=NCCOCCOCCN(CCOCCOCCN=[N+]=[N-])C(=O)CCOCCOCC(=O)O. The maximum absolute atomic E-state index is 12.6. The Labute approximate surface area is 203 Å². The summed E-state index contributed by atoms with van der Waals surface area (Å²) in [6.07, 6.45) is 0.143. The number of carbonyl (C=O) groups is 2. The second kappa shape index (κ2) is 25.9. The van der Waals surface area contributed by atoms with Crippen LogP contribution in [0.3, 0.4) is 0 Å². The molecule has 35 heavy (non-hydrogen) atoms. The van der Waals surface area contributed by atoms with E-state index in [0.29, 0.717) is 65.9 Å². The molecule has 16 heteroatoms. The van der Waals surface area contributed by atoms with E-state index in [4.69, 9.17) is 44.6 Å². The molecule has 0 aromatic rings. The molecule has 0 spiro atoms. The standard InChI is InChI=1S/C19H35N7O9/c20-24-22-2-7-31-11-13-33-9-4-26(5-10-34-14-12-32-8-3-23-25-21)18(27)1-6-30-15-16-35-17-19(28)29/h1-17H2,(H,28,29). The van der Waals surface area contributed by atoms with Crippen LogP contribution in [0.25, 0.3) is 20.9 Å². The minimum absolute atomic E-state index is 0.127. The largest absolute Gasteiger partial charge is 0.480 e. The minimum atomic E-state index is -1.06. The fourth-order valence-corrected chi connectivity index (χ4v) is 2.35. The molecule has 200 valence electrons. The first kappa shape index (κ1) is 32.3. The van der Waals surface area contributed by atoms with Crippen LogP contribution in [0.2, 0.25) is 0 Å². The van der Waals surface area contributed by atoms with Gasteiger partial charge in [-0.15, -0.1) is 0 Å². The third-order valence-corrected chi connectivity index (χ3v) is 3.96. The molecular weight excluding hydrogens is 470 g/mol. The van der Waals surface area contributed by atoms with Crippen molar-refractivity contribution in [3.63, 3.8) is 0 Å². The Morgan fingerprint density at radius 3 is 1.54 bits per heavy atom. The fourth-order valence-electron chi connectivity index (χ4n) is 2.35. The Morgan fingerprint density at radius 1 is 0.657 bits per heavy atom. The minimum Gasteiger partial charge on any atom is -0.480 e. The maximum Gasteiger partial charge on any atom is 0.329 e. The molecule has 0 saturated heterocycles. The molecule has 0 aromatic heterocycles.